The number of aromatic nitrogens is 2. The van der Waals surface area contributed by atoms with Gasteiger partial charge in [0.05, 0.1) is 17.9 Å². The van der Waals surface area contributed by atoms with E-state index in [0.29, 0.717) is 12.5 Å². The number of rotatable bonds is 8. The highest BCUT2D eigenvalue weighted by Crippen LogP contribution is 2.40. The van der Waals surface area contributed by atoms with Gasteiger partial charge in [-0.15, -0.1) is 0 Å². The molecule has 0 unspecified atom stereocenters. The molecule has 1 saturated carbocycles. The Balaban J connectivity index is 1.37. The maximum absolute atomic E-state index is 12.7. The number of carbonyl (C=O) groups excluding carboxylic acids is 1. The monoisotopic (exact) mass is 381 g/mol. The van der Waals surface area contributed by atoms with E-state index in [1.165, 1.54) is 32.1 Å². The molecule has 1 amide bonds. The Morgan fingerprint density at radius 1 is 1.14 bits per heavy atom. The minimum absolute atomic E-state index is 0.0492. The van der Waals surface area contributed by atoms with Crippen LogP contribution in [0.25, 0.3) is 5.69 Å². The summed E-state index contributed by atoms with van der Waals surface area (Å²) in [5, 5.41) is 11.1. The summed E-state index contributed by atoms with van der Waals surface area (Å²) >= 11 is 0. The molecule has 1 saturated heterocycles. The predicted octanol–water partition coefficient (Wildman–Crippen LogP) is 3.01. The van der Waals surface area contributed by atoms with Gasteiger partial charge in [0.25, 0.3) is 0 Å². The molecule has 2 heterocycles. The molecule has 6 heteroatoms. The molecule has 1 aromatic heterocycles. The van der Waals surface area contributed by atoms with Gasteiger partial charge in [-0.25, -0.2) is 4.68 Å². The molecule has 0 atom stereocenters. The molecule has 2 aromatic rings. The van der Waals surface area contributed by atoms with E-state index < -0.39 is 0 Å². The van der Waals surface area contributed by atoms with Crippen molar-refractivity contribution in [2.45, 2.75) is 38.0 Å². The maximum atomic E-state index is 12.7. The van der Waals surface area contributed by atoms with Gasteiger partial charge in [0.15, 0.2) is 0 Å². The summed E-state index contributed by atoms with van der Waals surface area (Å²) in [5.74, 6) is 2.17. The number of nitrogens with zero attached hydrogens (tertiary/aromatic N) is 3. The average Bonchev–Trinajstić information content (AvgIpc) is 3.49. The van der Waals surface area contributed by atoms with E-state index in [9.17, 15) is 4.79 Å². The number of hydrogen-bond donors (Lipinski definition) is 2. The van der Waals surface area contributed by atoms with Crippen LogP contribution in [-0.4, -0.2) is 53.8 Å². The summed E-state index contributed by atoms with van der Waals surface area (Å²) in [6.45, 7) is 3.55. The Morgan fingerprint density at radius 2 is 1.89 bits per heavy atom. The molecule has 0 radical (unpaired) electrons. The number of carbonyl (C=O) groups is 1. The third-order valence-electron chi connectivity index (χ3n) is 5.87. The van der Waals surface area contributed by atoms with Gasteiger partial charge in [0.2, 0.25) is 5.91 Å². The van der Waals surface area contributed by atoms with Crippen LogP contribution in [0.2, 0.25) is 0 Å². The highest BCUT2D eigenvalue weighted by Gasteiger charge is 2.28. The number of hydrogen-bond acceptors (Lipinski definition) is 4. The summed E-state index contributed by atoms with van der Waals surface area (Å²) in [6.07, 6.45) is 5.99. The van der Waals surface area contributed by atoms with Crippen molar-refractivity contribution < 1.29 is 4.79 Å². The van der Waals surface area contributed by atoms with E-state index in [4.69, 9.17) is 5.10 Å². The first-order valence-corrected chi connectivity index (χ1v) is 10.5. The second-order valence-electron chi connectivity index (χ2n) is 8.14. The lowest BCUT2D eigenvalue weighted by Gasteiger charge is -2.31. The summed E-state index contributed by atoms with van der Waals surface area (Å²) in [6, 6.07) is 12.1. The largest absolute Gasteiger partial charge is 0.320 e. The van der Waals surface area contributed by atoms with Gasteiger partial charge in [0, 0.05) is 12.0 Å². The molecule has 28 heavy (non-hydrogen) atoms. The van der Waals surface area contributed by atoms with Crippen LogP contribution in [0.15, 0.2) is 36.4 Å². The Bertz CT molecular complexity index is 775. The topological polar surface area (TPSA) is 62.2 Å². The molecular weight excluding hydrogens is 350 g/mol. The van der Waals surface area contributed by atoms with E-state index in [1.807, 2.05) is 48.1 Å². The Hall–Kier alpha value is -2.18. The zero-order valence-corrected chi connectivity index (χ0v) is 16.7. The fraction of sp³-hybridized carbons (Fsp3) is 0.545. The van der Waals surface area contributed by atoms with Crippen molar-refractivity contribution in [1.29, 1.82) is 0 Å². The third kappa shape index (κ3) is 4.80. The first-order chi connectivity index (χ1) is 13.7. The molecule has 1 aliphatic heterocycles. The zero-order valence-electron chi connectivity index (χ0n) is 16.7. The summed E-state index contributed by atoms with van der Waals surface area (Å²) in [7, 11) is 2.01. The van der Waals surface area contributed by atoms with Gasteiger partial charge in [-0.1, -0.05) is 18.2 Å². The van der Waals surface area contributed by atoms with Crippen LogP contribution >= 0.6 is 0 Å². The van der Waals surface area contributed by atoms with Gasteiger partial charge in [-0.05, 0) is 76.8 Å². The fourth-order valence-electron chi connectivity index (χ4n) is 4.00. The van der Waals surface area contributed by atoms with Crippen molar-refractivity contribution in [3.63, 3.8) is 0 Å². The number of likely N-dealkylation sites (tertiary alicyclic amines) is 1. The van der Waals surface area contributed by atoms with Crippen LogP contribution in [0.3, 0.4) is 0 Å². The highest BCUT2D eigenvalue weighted by molar-refractivity contribution is 5.91. The van der Waals surface area contributed by atoms with Crippen molar-refractivity contribution >= 4 is 11.7 Å². The molecule has 4 rings (SSSR count). The van der Waals surface area contributed by atoms with Crippen LogP contribution in [0, 0.1) is 5.92 Å². The Morgan fingerprint density at radius 3 is 2.57 bits per heavy atom. The number of benzene rings is 1. The van der Waals surface area contributed by atoms with E-state index in [-0.39, 0.29) is 5.91 Å². The van der Waals surface area contributed by atoms with E-state index in [2.05, 4.69) is 15.5 Å². The van der Waals surface area contributed by atoms with Crippen molar-refractivity contribution in [1.82, 2.24) is 20.0 Å². The molecule has 1 aliphatic carbocycles. The lowest BCUT2D eigenvalue weighted by atomic mass is 9.93. The second-order valence-corrected chi connectivity index (χ2v) is 8.14. The van der Waals surface area contributed by atoms with Crippen LogP contribution in [0.1, 0.15) is 43.7 Å². The van der Waals surface area contributed by atoms with Crippen LogP contribution in [0.4, 0.5) is 5.82 Å². The molecule has 2 fully saturated rings. The third-order valence-corrected chi connectivity index (χ3v) is 5.87. The van der Waals surface area contributed by atoms with Gasteiger partial charge < -0.3 is 10.6 Å². The minimum Gasteiger partial charge on any atom is -0.320 e. The van der Waals surface area contributed by atoms with Crippen LogP contribution in [-0.2, 0) is 4.79 Å². The molecule has 6 nitrogen and oxygen atoms in total. The van der Waals surface area contributed by atoms with Crippen molar-refractivity contribution in [2.24, 2.45) is 5.92 Å². The molecule has 0 bridgehead atoms. The highest BCUT2D eigenvalue weighted by atomic mass is 16.2. The summed E-state index contributed by atoms with van der Waals surface area (Å²) < 4.78 is 1.87. The Labute approximate surface area is 167 Å². The van der Waals surface area contributed by atoms with Gasteiger partial charge >= 0.3 is 0 Å². The maximum Gasteiger partial charge on any atom is 0.239 e. The standard InChI is InChI=1S/C22H31N5O/c1-23-12-9-17-10-13-26(14-11-17)16-22(28)24-21-15-20(18-7-8-18)25-27(21)19-5-3-2-4-6-19/h2-6,15,17-18,23H,7-14,16H2,1H3,(H,24,28). The van der Waals surface area contributed by atoms with Crippen LogP contribution < -0.4 is 10.6 Å². The molecule has 0 spiro atoms. The summed E-state index contributed by atoms with van der Waals surface area (Å²) in [5.41, 5.74) is 2.07. The fourth-order valence-corrected chi connectivity index (χ4v) is 4.00. The quantitative estimate of drug-likeness (QED) is 0.738. The van der Waals surface area contributed by atoms with E-state index >= 15 is 0 Å². The number of nitrogens with one attached hydrogen (secondary N) is 2. The SMILES string of the molecule is CNCCC1CCN(CC(=O)Nc2cc(C3CC3)nn2-c2ccccc2)CC1. The number of piperidine rings is 1. The summed E-state index contributed by atoms with van der Waals surface area (Å²) in [4.78, 5) is 15.0. The van der Waals surface area contributed by atoms with Crippen LogP contribution in [0.5, 0.6) is 0 Å². The first-order valence-electron chi connectivity index (χ1n) is 10.5. The predicted molar refractivity (Wildman–Crippen MR) is 112 cm³/mol. The van der Waals surface area contributed by atoms with Crippen molar-refractivity contribution in [3.05, 3.63) is 42.1 Å². The van der Waals surface area contributed by atoms with E-state index in [0.717, 1.165) is 42.8 Å². The molecule has 1 aromatic carbocycles. The smallest absolute Gasteiger partial charge is 0.239 e. The zero-order chi connectivity index (χ0) is 19.3. The lowest BCUT2D eigenvalue weighted by Crippen LogP contribution is -2.39. The lowest BCUT2D eigenvalue weighted by molar-refractivity contribution is -0.117. The number of anilines is 1. The minimum atomic E-state index is 0.0492. The van der Waals surface area contributed by atoms with E-state index in [1.54, 1.807) is 0 Å². The van der Waals surface area contributed by atoms with Gasteiger partial charge in [0.1, 0.15) is 5.82 Å². The second kappa shape index (κ2) is 8.88. The van der Waals surface area contributed by atoms with Crippen molar-refractivity contribution in [2.75, 3.05) is 38.5 Å². The number of para-hydroxylation sites is 1. The Kier molecular flexibility index (Phi) is 6.07. The molecule has 150 valence electrons. The van der Waals surface area contributed by atoms with Gasteiger partial charge in [-0.3, -0.25) is 9.69 Å². The molecular formula is C22H31N5O. The average molecular weight is 382 g/mol. The number of amides is 1. The molecule has 2 N–H and O–H groups in total. The molecule has 2 aliphatic rings. The van der Waals surface area contributed by atoms with Crippen molar-refractivity contribution in [3.8, 4) is 5.69 Å². The van der Waals surface area contributed by atoms with Gasteiger partial charge in [-0.2, -0.15) is 5.10 Å². The normalized spacial score (nSPS) is 18.3. The first kappa shape index (κ1) is 19.2.